The van der Waals surface area contributed by atoms with Gasteiger partial charge in [0.15, 0.2) is 11.4 Å². The summed E-state index contributed by atoms with van der Waals surface area (Å²) >= 11 is 0. The van der Waals surface area contributed by atoms with Crippen LogP contribution in [0.25, 0.3) is 5.69 Å². The average Bonchev–Trinajstić information content (AvgIpc) is 3.21. The number of hydrogen-bond acceptors (Lipinski definition) is 6. The van der Waals surface area contributed by atoms with Crippen molar-refractivity contribution in [3.63, 3.8) is 0 Å². The maximum absolute atomic E-state index is 12.9. The number of anilines is 2. The molecule has 0 aliphatic rings. The largest absolute Gasteiger partial charge is 0.464 e. The first-order chi connectivity index (χ1) is 16.5. The predicted molar refractivity (Wildman–Crippen MR) is 127 cm³/mol. The molecule has 1 heterocycles. The summed E-state index contributed by atoms with van der Waals surface area (Å²) in [7, 11) is 1.23. The number of amides is 1. The molecule has 4 rings (SSSR count). The molecule has 0 aliphatic heterocycles. The van der Waals surface area contributed by atoms with E-state index in [0.717, 1.165) is 0 Å². The molecule has 8 nitrogen and oxygen atoms in total. The molecule has 1 amide bonds. The lowest BCUT2D eigenvalue weighted by Gasteiger charge is -2.13. The van der Waals surface area contributed by atoms with Crippen molar-refractivity contribution >= 4 is 23.3 Å². The molecule has 1 aromatic heterocycles. The van der Waals surface area contributed by atoms with Crippen molar-refractivity contribution in [3.8, 4) is 23.3 Å². The maximum Gasteiger partial charge on any atom is 0.357 e. The van der Waals surface area contributed by atoms with E-state index in [2.05, 4.69) is 5.32 Å². The molecule has 0 saturated carbocycles. The van der Waals surface area contributed by atoms with Crippen molar-refractivity contribution in [1.82, 2.24) is 4.57 Å². The Labute approximate surface area is 195 Å². The zero-order chi connectivity index (χ0) is 24.1. The van der Waals surface area contributed by atoms with Crippen LogP contribution in [-0.4, -0.2) is 23.6 Å². The monoisotopic (exact) mass is 452 g/mol. The molecule has 34 heavy (non-hydrogen) atoms. The number of carbonyl (C=O) groups excluding carboxylic acids is 2. The summed E-state index contributed by atoms with van der Waals surface area (Å²) in [6, 6.07) is 24.9. The summed E-state index contributed by atoms with van der Waals surface area (Å²) in [4.78, 5) is 25.1. The molecule has 0 bridgehead atoms. The number of aromatic nitrogens is 1. The standard InChI is InChI=1S/C26H20N4O4/c1-33-26(32)24-23(28)18(15-27)16-30(24)19-13-11-17(12-14-19)25(31)29-21-9-5-6-10-22(21)34-20-7-3-2-4-8-20/h2-14,16H,28H2,1H3,(H,29,31). The number of hydrogen-bond donors (Lipinski definition) is 2. The van der Waals surface area contributed by atoms with Gasteiger partial charge in [-0.1, -0.05) is 30.3 Å². The third-order valence-electron chi connectivity index (χ3n) is 5.06. The Morgan fingerprint density at radius 3 is 2.32 bits per heavy atom. The summed E-state index contributed by atoms with van der Waals surface area (Å²) in [6.07, 6.45) is 1.45. The van der Waals surface area contributed by atoms with Gasteiger partial charge in [-0.25, -0.2) is 4.79 Å². The fourth-order valence-corrected chi connectivity index (χ4v) is 3.36. The van der Waals surface area contributed by atoms with Crippen LogP contribution >= 0.6 is 0 Å². The Bertz CT molecular complexity index is 1390. The van der Waals surface area contributed by atoms with E-state index in [1.54, 1.807) is 42.5 Å². The molecule has 3 N–H and O–H groups in total. The second-order valence-corrected chi connectivity index (χ2v) is 7.19. The van der Waals surface area contributed by atoms with Crippen molar-refractivity contribution in [1.29, 1.82) is 5.26 Å². The first-order valence-electron chi connectivity index (χ1n) is 10.2. The van der Waals surface area contributed by atoms with Gasteiger partial charge in [-0.2, -0.15) is 5.26 Å². The summed E-state index contributed by atoms with van der Waals surface area (Å²) in [5.74, 6) is 0.148. The second kappa shape index (κ2) is 9.63. The third-order valence-corrected chi connectivity index (χ3v) is 5.06. The van der Waals surface area contributed by atoms with Gasteiger partial charge < -0.3 is 25.1 Å². The van der Waals surface area contributed by atoms with E-state index < -0.39 is 5.97 Å². The zero-order valence-corrected chi connectivity index (χ0v) is 18.2. The normalized spacial score (nSPS) is 10.2. The highest BCUT2D eigenvalue weighted by Gasteiger charge is 2.22. The van der Waals surface area contributed by atoms with Gasteiger partial charge in [0.25, 0.3) is 5.91 Å². The van der Waals surface area contributed by atoms with Gasteiger partial charge in [0.2, 0.25) is 0 Å². The van der Waals surface area contributed by atoms with E-state index in [9.17, 15) is 14.9 Å². The lowest BCUT2D eigenvalue weighted by Crippen LogP contribution is -2.13. The molecular weight excluding hydrogens is 432 g/mol. The predicted octanol–water partition coefficient (Wildman–Crippen LogP) is 4.76. The van der Waals surface area contributed by atoms with Crippen molar-refractivity contribution in [3.05, 3.63) is 102 Å². The van der Waals surface area contributed by atoms with Crippen molar-refractivity contribution in [2.45, 2.75) is 0 Å². The Hall–Kier alpha value is -5.03. The van der Waals surface area contributed by atoms with Crippen LogP contribution in [0.4, 0.5) is 11.4 Å². The van der Waals surface area contributed by atoms with Gasteiger partial charge in [0.05, 0.1) is 24.0 Å². The molecule has 0 aliphatic carbocycles. The summed E-state index contributed by atoms with van der Waals surface area (Å²) in [6.45, 7) is 0. The van der Waals surface area contributed by atoms with E-state index in [-0.39, 0.29) is 22.9 Å². The van der Waals surface area contributed by atoms with E-state index in [0.29, 0.717) is 28.4 Å². The molecule has 4 aromatic rings. The van der Waals surface area contributed by atoms with E-state index in [1.165, 1.54) is 17.9 Å². The number of nitriles is 1. The van der Waals surface area contributed by atoms with Gasteiger partial charge in [-0.3, -0.25) is 4.79 Å². The Balaban J connectivity index is 1.57. The van der Waals surface area contributed by atoms with Gasteiger partial charge >= 0.3 is 5.97 Å². The van der Waals surface area contributed by atoms with E-state index >= 15 is 0 Å². The average molecular weight is 452 g/mol. The maximum atomic E-state index is 12.9. The number of methoxy groups -OCH3 is 1. The highest BCUT2D eigenvalue weighted by atomic mass is 16.5. The lowest BCUT2D eigenvalue weighted by atomic mass is 10.1. The van der Waals surface area contributed by atoms with Crippen LogP contribution in [0.2, 0.25) is 0 Å². The molecule has 0 unspecified atom stereocenters. The molecule has 0 atom stereocenters. The highest BCUT2D eigenvalue weighted by Crippen LogP contribution is 2.30. The topological polar surface area (TPSA) is 119 Å². The summed E-state index contributed by atoms with van der Waals surface area (Å²) in [5.41, 5.74) is 7.62. The van der Waals surface area contributed by atoms with Crippen LogP contribution in [-0.2, 0) is 4.74 Å². The van der Waals surface area contributed by atoms with Gasteiger partial charge in [0.1, 0.15) is 11.8 Å². The minimum atomic E-state index is -0.671. The minimum absolute atomic E-state index is 0.0335. The number of nitrogens with zero attached hydrogens (tertiary/aromatic N) is 2. The van der Waals surface area contributed by atoms with Crippen LogP contribution < -0.4 is 15.8 Å². The van der Waals surface area contributed by atoms with Crippen LogP contribution in [0, 0.1) is 11.3 Å². The summed E-state index contributed by atoms with van der Waals surface area (Å²) < 4.78 is 12.2. The lowest BCUT2D eigenvalue weighted by molar-refractivity contribution is 0.0593. The molecule has 8 heteroatoms. The van der Waals surface area contributed by atoms with Gasteiger partial charge in [0, 0.05) is 17.4 Å². The second-order valence-electron chi connectivity index (χ2n) is 7.19. The Morgan fingerprint density at radius 1 is 0.971 bits per heavy atom. The van der Waals surface area contributed by atoms with Crippen LogP contribution in [0.15, 0.2) is 85.1 Å². The smallest absolute Gasteiger partial charge is 0.357 e. The number of nitrogen functional groups attached to an aromatic ring is 1. The Kier molecular flexibility index (Phi) is 6.28. The summed E-state index contributed by atoms with van der Waals surface area (Å²) in [5, 5.41) is 12.1. The first kappa shape index (κ1) is 22.2. The van der Waals surface area contributed by atoms with Crippen molar-refractivity contribution < 1.29 is 19.1 Å². The quantitative estimate of drug-likeness (QED) is 0.407. The fraction of sp³-hybridized carbons (Fsp3) is 0.0385. The number of nitrogens with two attached hydrogens (primary N) is 1. The van der Waals surface area contributed by atoms with Crippen molar-refractivity contribution in [2.24, 2.45) is 0 Å². The number of para-hydroxylation sites is 3. The van der Waals surface area contributed by atoms with Gasteiger partial charge in [-0.05, 0) is 48.5 Å². The fourth-order valence-electron chi connectivity index (χ4n) is 3.36. The zero-order valence-electron chi connectivity index (χ0n) is 18.2. The Morgan fingerprint density at radius 2 is 1.65 bits per heavy atom. The number of rotatable bonds is 6. The molecule has 0 spiro atoms. The molecule has 168 valence electrons. The highest BCUT2D eigenvalue weighted by molar-refractivity contribution is 6.05. The molecule has 3 aromatic carbocycles. The van der Waals surface area contributed by atoms with E-state index in [1.807, 2.05) is 42.5 Å². The number of nitrogens with one attached hydrogen (secondary N) is 1. The van der Waals surface area contributed by atoms with Crippen LogP contribution in [0.1, 0.15) is 26.4 Å². The molecule has 0 radical (unpaired) electrons. The van der Waals surface area contributed by atoms with Crippen LogP contribution in [0.3, 0.4) is 0 Å². The van der Waals surface area contributed by atoms with Crippen molar-refractivity contribution in [2.75, 3.05) is 18.2 Å². The number of carbonyl (C=O) groups is 2. The van der Waals surface area contributed by atoms with Crippen LogP contribution in [0.5, 0.6) is 11.5 Å². The number of ether oxygens (including phenoxy) is 2. The molecule has 0 fully saturated rings. The van der Waals surface area contributed by atoms with Gasteiger partial charge in [-0.15, -0.1) is 0 Å². The van der Waals surface area contributed by atoms with E-state index in [4.69, 9.17) is 15.2 Å². The SMILES string of the molecule is COC(=O)c1c(N)c(C#N)cn1-c1ccc(C(=O)Nc2ccccc2Oc2ccccc2)cc1. The first-order valence-corrected chi connectivity index (χ1v) is 10.2. The minimum Gasteiger partial charge on any atom is -0.464 e. The third kappa shape index (κ3) is 4.45. The number of benzene rings is 3. The molecular formula is C26H20N4O4. The number of esters is 1. The molecule has 0 saturated heterocycles.